The molecule has 24 heavy (non-hydrogen) atoms. The number of carbonyl (C=O) groups excluding carboxylic acids is 1. The van der Waals surface area contributed by atoms with E-state index in [1.165, 1.54) is 47.9 Å². The van der Waals surface area contributed by atoms with E-state index in [2.05, 4.69) is 43.2 Å². The van der Waals surface area contributed by atoms with Crippen molar-refractivity contribution in [2.75, 3.05) is 5.32 Å². The summed E-state index contributed by atoms with van der Waals surface area (Å²) in [6.07, 6.45) is 8.41. The minimum Gasteiger partial charge on any atom is -0.302 e. The number of carbonyl (C=O) groups is 1. The molecule has 4 heteroatoms. The van der Waals surface area contributed by atoms with Crippen LogP contribution in [0.25, 0.3) is 10.2 Å². The maximum Gasteiger partial charge on any atom is 0.229 e. The van der Waals surface area contributed by atoms with Gasteiger partial charge in [-0.3, -0.25) is 4.79 Å². The molecule has 0 unspecified atom stereocenters. The molecule has 0 aliphatic heterocycles. The summed E-state index contributed by atoms with van der Waals surface area (Å²) >= 11 is 1.60. The molecule has 0 saturated heterocycles. The summed E-state index contributed by atoms with van der Waals surface area (Å²) in [6.45, 7) is 6.42. The van der Waals surface area contributed by atoms with E-state index in [0.717, 1.165) is 29.4 Å². The zero-order chi connectivity index (χ0) is 17.1. The summed E-state index contributed by atoms with van der Waals surface area (Å²) < 4.78 is 1.19. The Labute approximate surface area is 148 Å². The number of hydrogen-bond donors (Lipinski definition) is 1. The average Bonchev–Trinajstić information content (AvgIpc) is 3.02. The topological polar surface area (TPSA) is 42.0 Å². The molecule has 2 aromatic rings. The van der Waals surface area contributed by atoms with Gasteiger partial charge in [-0.1, -0.05) is 49.7 Å². The number of nitrogens with zero attached hydrogens (tertiary/aromatic N) is 1. The van der Waals surface area contributed by atoms with E-state index in [4.69, 9.17) is 0 Å². The maximum absolute atomic E-state index is 12.6. The van der Waals surface area contributed by atoms with Gasteiger partial charge in [-0.2, -0.15) is 0 Å². The van der Waals surface area contributed by atoms with E-state index in [1.807, 2.05) is 0 Å². The molecule has 0 spiro atoms. The van der Waals surface area contributed by atoms with Gasteiger partial charge in [0.2, 0.25) is 5.91 Å². The number of unbranched alkanes of at least 4 members (excludes halogenated alkanes) is 1. The third kappa shape index (κ3) is 3.80. The molecule has 1 amide bonds. The molecule has 1 aliphatic rings. The second-order valence-electron chi connectivity index (χ2n) is 7.25. The molecular formula is C20H28N2OS. The molecule has 1 aromatic heterocycles. The Bertz CT molecular complexity index is 675. The summed E-state index contributed by atoms with van der Waals surface area (Å²) in [7, 11) is 0. The van der Waals surface area contributed by atoms with Crippen LogP contribution in [0.4, 0.5) is 5.13 Å². The van der Waals surface area contributed by atoms with Crippen molar-refractivity contribution < 1.29 is 4.79 Å². The summed E-state index contributed by atoms with van der Waals surface area (Å²) in [5.41, 5.74) is 3.42. The van der Waals surface area contributed by atoms with Crippen molar-refractivity contribution in [3.63, 3.8) is 0 Å². The Morgan fingerprint density at radius 1 is 1.21 bits per heavy atom. The van der Waals surface area contributed by atoms with E-state index in [-0.39, 0.29) is 11.8 Å². The Balaban J connectivity index is 1.61. The number of anilines is 1. The van der Waals surface area contributed by atoms with Crippen LogP contribution in [0.1, 0.15) is 63.0 Å². The predicted molar refractivity (Wildman–Crippen MR) is 103 cm³/mol. The highest BCUT2D eigenvalue weighted by Gasteiger charge is 2.26. The number of aromatic nitrogens is 1. The lowest BCUT2D eigenvalue weighted by molar-refractivity contribution is -0.121. The molecule has 3 nitrogen and oxygen atoms in total. The highest BCUT2D eigenvalue weighted by molar-refractivity contribution is 7.22. The Morgan fingerprint density at radius 3 is 2.58 bits per heavy atom. The third-order valence-electron chi connectivity index (χ3n) is 5.36. The number of aryl methyl sites for hydroxylation is 2. The number of thiazole rings is 1. The van der Waals surface area contributed by atoms with Gasteiger partial charge in [-0.25, -0.2) is 4.98 Å². The van der Waals surface area contributed by atoms with Crippen LogP contribution in [0, 0.1) is 25.7 Å². The van der Waals surface area contributed by atoms with E-state index < -0.39 is 0 Å². The van der Waals surface area contributed by atoms with Crippen LogP contribution in [0.2, 0.25) is 0 Å². The minimum absolute atomic E-state index is 0.164. The maximum atomic E-state index is 12.6. The monoisotopic (exact) mass is 344 g/mol. The standard InChI is InChI=1S/C20H28N2OS/c1-4-5-6-15-9-11-16(12-10-15)19(23)22-20-21-17-13(2)7-8-14(3)18(17)24-20/h7-8,15-16H,4-6,9-12H2,1-3H3,(H,21,22,23). The molecule has 1 fully saturated rings. The molecule has 1 N–H and O–H groups in total. The van der Waals surface area contributed by atoms with Crippen LogP contribution in [-0.2, 0) is 4.79 Å². The SMILES string of the molecule is CCCCC1CCC(C(=O)Nc2nc3c(C)ccc(C)c3s2)CC1. The Kier molecular flexibility index (Phi) is 5.54. The van der Waals surface area contributed by atoms with Gasteiger partial charge < -0.3 is 5.32 Å². The normalized spacial score (nSPS) is 21.1. The highest BCUT2D eigenvalue weighted by atomic mass is 32.1. The average molecular weight is 345 g/mol. The van der Waals surface area contributed by atoms with Gasteiger partial charge in [0, 0.05) is 5.92 Å². The first-order valence-electron chi connectivity index (χ1n) is 9.26. The molecule has 0 atom stereocenters. The molecule has 130 valence electrons. The minimum atomic E-state index is 0.164. The van der Waals surface area contributed by atoms with Gasteiger partial charge in [-0.15, -0.1) is 0 Å². The molecule has 0 radical (unpaired) electrons. The van der Waals surface area contributed by atoms with Crippen molar-refractivity contribution >= 4 is 32.6 Å². The van der Waals surface area contributed by atoms with Gasteiger partial charge in [0.15, 0.2) is 5.13 Å². The fourth-order valence-corrected chi connectivity index (χ4v) is 4.74. The fourth-order valence-electron chi connectivity index (χ4n) is 3.73. The van der Waals surface area contributed by atoms with Crippen molar-refractivity contribution in [3.8, 4) is 0 Å². The summed E-state index contributed by atoms with van der Waals surface area (Å²) in [6, 6.07) is 4.22. The van der Waals surface area contributed by atoms with Crippen molar-refractivity contribution in [2.45, 2.75) is 65.7 Å². The number of benzene rings is 1. The van der Waals surface area contributed by atoms with E-state index in [9.17, 15) is 4.79 Å². The van der Waals surface area contributed by atoms with Crippen LogP contribution in [0.3, 0.4) is 0 Å². The first-order valence-corrected chi connectivity index (χ1v) is 10.1. The van der Waals surface area contributed by atoms with Gasteiger partial charge >= 0.3 is 0 Å². The van der Waals surface area contributed by atoms with Crippen molar-refractivity contribution in [1.82, 2.24) is 4.98 Å². The van der Waals surface area contributed by atoms with Gasteiger partial charge in [-0.05, 0) is 56.6 Å². The molecule has 1 aromatic carbocycles. The lowest BCUT2D eigenvalue weighted by Gasteiger charge is -2.27. The highest BCUT2D eigenvalue weighted by Crippen LogP contribution is 2.34. The first kappa shape index (κ1) is 17.4. The summed E-state index contributed by atoms with van der Waals surface area (Å²) in [5.74, 6) is 1.16. The van der Waals surface area contributed by atoms with E-state index >= 15 is 0 Å². The largest absolute Gasteiger partial charge is 0.302 e. The number of fused-ring (bicyclic) bond motifs is 1. The summed E-state index contributed by atoms with van der Waals surface area (Å²) in [4.78, 5) is 17.2. The molecule has 1 aliphatic carbocycles. The fraction of sp³-hybridized carbons (Fsp3) is 0.600. The van der Waals surface area contributed by atoms with Crippen LogP contribution in [-0.4, -0.2) is 10.9 Å². The van der Waals surface area contributed by atoms with Crippen molar-refractivity contribution in [3.05, 3.63) is 23.3 Å². The lowest BCUT2D eigenvalue weighted by atomic mass is 9.79. The molecule has 1 heterocycles. The molecule has 3 rings (SSSR count). The van der Waals surface area contributed by atoms with E-state index in [1.54, 1.807) is 11.3 Å². The molecule has 0 bridgehead atoms. The first-order chi connectivity index (χ1) is 11.6. The van der Waals surface area contributed by atoms with E-state index in [0.29, 0.717) is 0 Å². The molecular weight excluding hydrogens is 316 g/mol. The number of amides is 1. The van der Waals surface area contributed by atoms with Crippen molar-refractivity contribution in [1.29, 1.82) is 0 Å². The van der Waals surface area contributed by atoms with Crippen LogP contribution in [0.5, 0.6) is 0 Å². The van der Waals surface area contributed by atoms with Crippen LogP contribution in [0.15, 0.2) is 12.1 Å². The number of hydrogen-bond acceptors (Lipinski definition) is 3. The van der Waals surface area contributed by atoms with Crippen LogP contribution < -0.4 is 5.32 Å². The quantitative estimate of drug-likeness (QED) is 0.739. The predicted octanol–water partition coefficient (Wildman–Crippen LogP) is 5.85. The second-order valence-corrected chi connectivity index (χ2v) is 8.24. The van der Waals surface area contributed by atoms with Gasteiger partial charge in [0.05, 0.1) is 10.2 Å². The zero-order valence-electron chi connectivity index (χ0n) is 15.0. The summed E-state index contributed by atoms with van der Waals surface area (Å²) in [5, 5.41) is 3.83. The smallest absolute Gasteiger partial charge is 0.229 e. The van der Waals surface area contributed by atoms with Crippen LogP contribution >= 0.6 is 11.3 Å². The Hall–Kier alpha value is -1.42. The third-order valence-corrected chi connectivity index (χ3v) is 6.46. The second kappa shape index (κ2) is 7.64. The lowest BCUT2D eigenvalue weighted by Crippen LogP contribution is -2.27. The number of rotatable bonds is 5. The Morgan fingerprint density at radius 2 is 1.92 bits per heavy atom. The van der Waals surface area contributed by atoms with Gasteiger partial charge in [0.1, 0.15) is 0 Å². The van der Waals surface area contributed by atoms with Crippen molar-refractivity contribution in [2.24, 2.45) is 11.8 Å². The number of nitrogens with one attached hydrogen (secondary N) is 1. The zero-order valence-corrected chi connectivity index (χ0v) is 15.8. The van der Waals surface area contributed by atoms with Gasteiger partial charge in [0.25, 0.3) is 0 Å². The molecule has 1 saturated carbocycles.